The number of benzene rings is 1. The van der Waals surface area contributed by atoms with Crippen LogP contribution in [0.3, 0.4) is 0 Å². The number of aliphatic hydroxyl groups is 1. The van der Waals surface area contributed by atoms with Gasteiger partial charge in [0.25, 0.3) is 0 Å². The lowest BCUT2D eigenvalue weighted by atomic mass is 9.86. The van der Waals surface area contributed by atoms with Crippen molar-refractivity contribution in [3.8, 4) is 5.75 Å². The highest BCUT2D eigenvalue weighted by Crippen LogP contribution is 2.24. The van der Waals surface area contributed by atoms with Gasteiger partial charge in [-0.2, -0.15) is 0 Å². The van der Waals surface area contributed by atoms with Gasteiger partial charge in [0.15, 0.2) is 0 Å². The first-order valence-electron chi connectivity index (χ1n) is 6.46. The van der Waals surface area contributed by atoms with Crippen LogP contribution >= 0.6 is 11.6 Å². The molecule has 1 atom stereocenters. The minimum Gasteiger partial charge on any atom is -0.492 e. The van der Waals surface area contributed by atoms with E-state index in [-0.39, 0.29) is 11.5 Å². The maximum atomic E-state index is 9.88. The molecule has 102 valence electrons. The van der Waals surface area contributed by atoms with Crippen LogP contribution in [0.25, 0.3) is 0 Å². The highest BCUT2D eigenvalue weighted by atomic mass is 35.5. The number of rotatable bonds is 6. The molecule has 0 aromatic heterocycles. The highest BCUT2D eigenvalue weighted by Gasteiger charge is 2.21. The summed E-state index contributed by atoms with van der Waals surface area (Å²) < 4.78 is 5.59. The quantitative estimate of drug-likeness (QED) is 0.781. The van der Waals surface area contributed by atoms with Crippen LogP contribution in [0.5, 0.6) is 5.75 Å². The van der Waals surface area contributed by atoms with Crippen molar-refractivity contribution >= 4 is 11.6 Å². The van der Waals surface area contributed by atoms with E-state index in [4.69, 9.17) is 16.3 Å². The number of hydrogen-bond donors (Lipinski definition) is 1. The fraction of sp³-hybridized carbons (Fsp3) is 0.600. The zero-order valence-corrected chi connectivity index (χ0v) is 12.2. The molecule has 0 heterocycles. The van der Waals surface area contributed by atoms with E-state index in [1.165, 1.54) is 0 Å². The van der Waals surface area contributed by atoms with Gasteiger partial charge in [-0.15, -0.1) is 0 Å². The minimum atomic E-state index is -0.252. The van der Waals surface area contributed by atoms with Crippen LogP contribution < -0.4 is 4.74 Å². The molecule has 1 unspecified atom stereocenters. The number of halogens is 1. The van der Waals surface area contributed by atoms with Gasteiger partial charge in [-0.1, -0.05) is 44.5 Å². The number of ether oxygens (including phenoxy) is 1. The SMILES string of the molecule is CC(C)(C)C(O)CCCCOc1ccccc1Cl. The maximum absolute atomic E-state index is 9.88. The van der Waals surface area contributed by atoms with E-state index in [2.05, 4.69) is 20.8 Å². The van der Waals surface area contributed by atoms with Crippen LogP contribution in [0.1, 0.15) is 40.0 Å². The topological polar surface area (TPSA) is 29.5 Å². The third kappa shape index (κ3) is 5.28. The van der Waals surface area contributed by atoms with E-state index in [1.54, 1.807) is 0 Å². The van der Waals surface area contributed by atoms with Crippen molar-refractivity contribution in [1.29, 1.82) is 0 Å². The van der Waals surface area contributed by atoms with E-state index in [0.29, 0.717) is 11.6 Å². The fourth-order valence-corrected chi connectivity index (χ4v) is 1.81. The summed E-state index contributed by atoms with van der Waals surface area (Å²) in [6.07, 6.45) is 2.45. The van der Waals surface area contributed by atoms with Gasteiger partial charge in [0.2, 0.25) is 0 Å². The summed E-state index contributed by atoms with van der Waals surface area (Å²) in [6.45, 7) is 6.80. The van der Waals surface area contributed by atoms with Gasteiger partial charge in [-0.25, -0.2) is 0 Å². The van der Waals surface area contributed by atoms with Gasteiger partial charge in [0.05, 0.1) is 17.7 Å². The number of para-hydroxylation sites is 1. The second kappa shape index (κ2) is 7.01. The van der Waals surface area contributed by atoms with Crippen molar-refractivity contribution in [2.24, 2.45) is 5.41 Å². The molecule has 0 spiro atoms. The fourth-order valence-electron chi connectivity index (χ4n) is 1.62. The lowest BCUT2D eigenvalue weighted by Crippen LogP contribution is -2.25. The molecule has 0 aliphatic carbocycles. The summed E-state index contributed by atoms with van der Waals surface area (Å²) in [5.41, 5.74) is -0.0381. The number of aliphatic hydroxyl groups excluding tert-OH is 1. The van der Waals surface area contributed by atoms with Crippen LogP contribution in [-0.4, -0.2) is 17.8 Å². The predicted molar refractivity (Wildman–Crippen MR) is 76.3 cm³/mol. The standard InChI is InChI=1S/C15H23ClO2/c1-15(2,3)14(17)10-6-7-11-18-13-9-5-4-8-12(13)16/h4-5,8-9,14,17H,6-7,10-11H2,1-3H3. The molecule has 0 amide bonds. The molecule has 1 aromatic rings. The summed E-state index contributed by atoms with van der Waals surface area (Å²) in [4.78, 5) is 0. The molecule has 1 aromatic carbocycles. The molecule has 18 heavy (non-hydrogen) atoms. The molecule has 0 bridgehead atoms. The Morgan fingerprint density at radius 2 is 1.89 bits per heavy atom. The molecular formula is C15H23ClO2. The third-order valence-electron chi connectivity index (χ3n) is 2.97. The van der Waals surface area contributed by atoms with Crippen molar-refractivity contribution in [3.05, 3.63) is 29.3 Å². The Labute approximate surface area is 115 Å². The Bertz CT molecular complexity index is 358. The molecule has 0 aliphatic heterocycles. The smallest absolute Gasteiger partial charge is 0.137 e. The average molecular weight is 271 g/mol. The molecule has 1 rings (SSSR count). The normalized spacial score (nSPS) is 13.4. The van der Waals surface area contributed by atoms with E-state index >= 15 is 0 Å². The van der Waals surface area contributed by atoms with Crippen LogP contribution in [0.2, 0.25) is 5.02 Å². The van der Waals surface area contributed by atoms with Gasteiger partial charge in [0.1, 0.15) is 5.75 Å². The molecule has 0 radical (unpaired) electrons. The van der Waals surface area contributed by atoms with Gasteiger partial charge >= 0.3 is 0 Å². The van der Waals surface area contributed by atoms with Gasteiger partial charge in [0, 0.05) is 0 Å². The first-order chi connectivity index (χ1) is 8.41. The predicted octanol–water partition coefficient (Wildman–Crippen LogP) is 4.30. The van der Waals surface area contributed by atoms with Crippen molar-refractivity contribution < 1.29 is 9.84 Å². The van der Waals surface area contributed by atoms with Crippen molar-refractivity contribution in [2.75, 3.05) is 6.61 Å². The molecule has 1 N–H and O–H groups in total. The average Bonchev–Trinajstić information content (AvgIpc) is 2.29. The Morgan fingerprint density at radius 1 is 1.22 bits per heavy atom. The van der Waals surface area contributed by atoms with Crippen LogP contribution in [-0.2, 0) is 0 Å². The lowest BCUT2D eigenvalue weighted by molar-refractivity contribution is 0.0526. The number of hydrogen-bond acceptors (Lipinski definition) is 2. The van der Waals surface area contributed by atoms with Gasteiger partial charge in [-0.3, -0.25) is 0 Å². The molecule has 0 saturated carbocycles. The third-order valence-corrected chi connectivity index (χ3v) is 3.28. The monoisotopic (exact) mass is 270 g/mol. The van der Waals surface area contributed by atoms with E-state index in [1.807, 2.05) is 24.3 Å². The maximum Gasteiger partial charge on any atom is 0.137 e. The Morgan fingerprint density at radius 3 is 2.50 bits per heavy atom. The first kappa shape index (κ1) is 15.3. The zero-order chi connectivity index (χ0) is 13.6. The zero-order valence-electron chi connectivity index (χ0n) is 11.4. The Hall–Kier alpha value is -0.730. The molecule has 0 aliphatic rings. The van der Waals surface area contributed by atoms with Crippen molar-refractivity contribution in [3.63, 3.8) is 0 Å². The Kier molecular flexibility index (Phi) is 5.97. The van der Waals surface area contributed by atoms with Crippen molar-refractivity contribution in [2.45, 2.75) is 46.1 Å². The molecule has 3 heteroatoms. The molecule has 0 fully saturated rings. The second-order valence-corrected chi connectivity index (χ2v) is 6.06. The van der Waals surface area contributed by atoms with E-state index in [0.717, 1.165) is 25.0 Å². The van der Waals surface area contributed by atoms with Crippen LogP contribution in [0, 0.1) is 5.41 Å². The first-order valence-corrected chi connectivity index (χ1v) is 6.84. The minimum absolute atomic E-state index is 0.0381. The summed E-state index contributed by atoms with van der Waals surface area (Å²) in [5.74, 6) is 0.732. The van der Waals surface area contributed by atoms with Crippen LogP contribution in [0.4, 0.5) is 0 Å². The summed E-state index contributed by atoms with van der Waals surface area (Å²) >= 11 is 5.98. The van der Waals surface area contributed by atoms with E-state index < -0.39 is 0 Å². The summed E-state index contributed by atoms with van der Waals surface area (Å²) in [5, 5.41) is 10.5. The highest BCUT2D eigenvalue weighted by molar-refractivity contribution is 6.32. The Balaban J connectivity index is 2.18. The van der Waals surface area contributed by atoms with Gasteiger partial charge in [-0.05, 0) is 36.8 Å². The van der Waals surface area contributed by atoms with Gasteiger partial charge < -0.3 is 9.84 Å². The summed E-state index contributed by atoms with van der Waals surface area (Å²) in [6, 6.07) is 7.48. The second-order valence-electron chi connectivity index (χ2n) is 5.66. The summed E-state index contributed by atoms with van der Waals surface area (Å²) in [7, 11) is 0. The van der Waals surface area contributed by atoms with E-state index in [9.17, 15) is 5.11 Å². The lowest BCUT2D eigenvalue weighted by Gasteiger charge is -2.25. The molecule has 0 saturated heterocycles. The molecular weight excluding hydrogens is 248 g/mol. The largest absolute Gasteiger partial charge is 0.492 e. The molecule has 2 nitrogen and oxygen atoms in total. The number of unbranched alkanes of at least 4 members (excludes halogenated alkanes) is 1. The van der Waals surface area contributed by atoms with Crippen LogP contribution in [0.15, 0.2) is 24.3 Å². The van der Waals surface area contributed by atoms with Crippen molar-refractivity contribution in [1.82, 2.24) is 0 Å².